The van der Waals surface area contributed by atoms with E-state index in [1.54, 1.807) is 19.9 Å². The monoisotopic (exact) mass is 234 g/mol. The van der Waals surface area contributed by atoms with Crippen molar-refractivity contribution in [2.45, 2.75) is 20.3 Å². The molecule has 0 saturated heterocycles. The molecule has 3 rings (SSSR count). The Hall–Kier alpha value is -1.64. The third-order valence-electron chi connectivity index (χ3n) is 3.62. The standard InChI is InChI=1S/C14H12F2O/c1-8-10(15)5-7-14-6-3-4-11(16)12(14)9(2)17-13(8)14/h3-6H,7H2,1-2H3. The number of hydrogen-bond acceptors (Lipinski definition) is 1. The molecule has 1 spiro atoms. The van der Waals surface area contributed by atoms with Crippen LogP contribution in [0.2, 0.25) is 0 Å². The first-order valence-corrected chi connectivity index (χ1v) is 5.58. The van der Waals surface area contributed by atoms with Gasteiger partial charge in [0.25, 0.3) is 0 Å². The molecular weight excluding hydrogens is 222 g/mol. The smallest absolute Gasteiger partial charge is 0.131 e. The molecule has 0 aromatic rings. The SMILES string of the molecule is CC1=C2C(F)=CC=CC23CC=C(F)C(C)=C3O1. The molecule has 3 aliphatic rings. The second-order valence-electron chi connectivity index (χ2n) is 4.59. The van der Waals surface area contributed by atoms with Gasteiger partial charge >= 0.3 is 0 Å². The summed E-state index contributed by atoms with van der Waals surface area (Å²) in [4.78, 5) is 0. The minimum atomic E-state index is -0.622. The minimum Gasteiger partial charge on any atom is -0.464 e. The predicted octanol–water partition coefficient (Wildman–Crippen LogP) is 4.23. The van der Waals surface area contributed by atoms with Gasteiger partial charge in [0, 0.05) is 11.1 Å². The second-order valence-corrected chi connectivity index (χ2v) is 4.59. The van der Waals surface area contributed by atoms with Crippen molar-refractivity contribution >= 4 is 0 Å². The maximum atomic E-state index is 13.9. The van der Waals surface area contributed by atoms with E-state index in [9.17, 15) is 8.78 Å². The van der Waals surface area contributed by atoms with E-state index < -0.39 is 5.41 Å². The van der Waals surface area contributed by atoms with Crippen LogP contribution in [0.5, 0.6) is 0 Å². The molecular formula is C14H12F2O. The largest absolute Gasteiger partial charge is 0.464 e. The van der Waals surface area contributed by atoms with Crippen LogP contribution in [0.4, 0.5) is 8.78 Å². The van der Waals surface area contributed by atoms with Crippen molar-refractivity contribution in [1.82, 2.24) is 0 Å². The summed E-state index contributed by atoms with van der Waals surface area (Å²) in [5.41, 5.74) is 0.380. The van der Waals surface area contributed by atoms with Gasteiger partial charge in [0.15, 0.2) is 0 Å². The van der Waals surface area contributed by atoms with Crippen molar-refractivity contribution in [1.29, 1.82) is 0 Å². The molecule has 0 aromatic heterocycles. The Kier molecular flexibility index (Phi) is 1.97. The number of halogens is 2. The highest BCUT2D eigenvalue weighted by Crippen LogP contribution is 2.57. The summed E-state index contributed by atoms with van der Waals surface area (Å²) in [6, 6.07) is 0. The molecule has 1 nitrogen and oxygen atoms in total. The van der Waals surface area contributed by atoms with E-state index in [4.69, 9.17) is 4.74 Å². The molecule has 0 radical (unpaired) electrons. The van der Waals surface area contributed by atoms with Gasteiger partial charge < -0.3 is 4.74 Å². The Morgan fingerprint density at radius 1 is 1.24 bits per heavy atom. The van der Waals surface area contributed by atoms with Gasteiger partial charge in [0.2, 0.25) is 0 Å². The Labute approximate surface area is 98.5 Å². The van der Waals surface area contributed by atoms with Crippen molar-refractivity contribution in [3.05, 3.63) is 58.6 Å². The van der Waals surface area contributed by atoms with Crippen LogP contribution < -0.4 is 0 Å². The van der Waals surface area contributed by atoms with Crippen LogP contribution in [-0.4, -0.2) is 0 Å². The van der Waals surface area contributed by atoms with E-state index in [-0.39, 0.29) is 11.7 Å². The molecule has 0 saturated carbocycles. The van der Waals surface area contributed by atoms with Gasteiger partial charge in [-0.25, -0.2) is 8.78 Å². The molecule has 0 aromatic carbocycles. The fourth-order valence-electron chi connectivity index (χ4n) is 2.83. The molecule has 0 amide bonds. The zero-order valence-corrected chi connectivity index (χ0v) is 9.68. The second kappa shape index (κ2) is 3.19. The predicted molar refractivity (Wildman–Crippen MR) is 61.1 cm³/mol. The minimum absolute atomic E-state index is 0.275. The maximum Gasteiger partial charge on any atom is 0.131 e. The van der Waals surface area contributed by atoms with Crippen LogP contribution in [0.25, 0.3) is 0 Å². The van der Waals surface area contributed by atoms with Crippen molar-refractivity contribution in [3.8, 4) is 0 Å². The first-order valence-electron chi connectivity index (χ1n) is 5.58. The molecule has 0 bridgehead atoms. The summed E-state index contributed by atoms with van der Waals surface area (Å²) in [6.45, 7) is 3.39. The lowest BCUT2D eigenvalue weighted by Gasteiger charge is -2.32. The molecule has 1 unspecified atom stereocenters. The van der Waals surface area contributed by atoms with Crippen LogP contribution in [0.1, 0.15) is 20.3 Å². The number of ether oxygens (including phenoxy) is 1. The molecule has 17 heavy (non-hydrogen) atoms. The third-order valence-corrected chi connectivity index (χ3v) is 3.62. The van der Waals surface area contributed by atoms with Crippen LogP contribution in [0, 0.1) is 5.41 Å². The van der Waals surface area contributed by atoms with Crippen LogP contribution >= 0.6 is 0 Å². The fraction of sp³-hybridized carbons (Fsp3) is 0.286. The highest BCUT2D eigenvalue weighted by Gasteiger charge is 2.49. The molecule has 88 valence electrons. The summed E-state index contributed by atoms with van der Waals surface area (Å²) in [5.74, 6) is 0.497. The molecule has 3 heteroatoms. The average molecular weight is 234 g/mol. The maximum absolute atomic E-state index is 13.9. The lowest BCUT2D eigenvalue weighted by atomic mass is 9.70. The highest BCUT2D eigenvalue weighted by atomic mass is 19.1. The van der Waals surface area contributed by atoms with E-state index >= 15 is 0 Å². The number of rotatable bonds is 0. The van der Waals surface area contributed by atoms with E-state index in [0.717, 1.165) is 0 Å². The van der Waals surface area contributed by atoms with Gasteiger partial charge in [0.05, 0.1) is 5.41 Å². The van der Waals surface area contributed by atoms with Crippen LogP contribution in [0.3, 0.4) is 0 Å². The normalized spacial score (nSPS) is 30.8. The van der Waals surface area contributed by atoms with Gasteiger partial charge in [0.1, 0.15) is 23.2 Å². The quantitative estimate of drug-likeness (QED) is 0.609. The van der Waals surface area contributed by atoms with Gasteiger partial charge in [-0.1, -0.05) is 12.2 Å². The highest BCUT2D eigenvalue weighted by molar-refractivity contribution is 5.57. The summed E-state index contributed by atoms with van der Waals surface area (Å²) in [5, 5.41) is 0. The lowest BCUT2D eigenvalue weighted by Crippen LogP contribution is -2.25. The topological polar surface area (TPSA) is 9.23 Å². The summed E-state index contributed by atoms with van der Waals surface area (Å²) < 4.78 is 33.1. The van der Waals surface area contributed by atoms with Gasteiger partial charge in [-0.05, 0) is 32.4 Å². The third kappa shape index (κ3) is 1.17. The Bertz CT molecular complexity index is 561. The Balaban J connectivity index is 2.25. The van der Waals surface area contributed by atoms with E-state index in [1.165, 1.54) is 12.2 Å². The Morgan fingerprint density at radius 3 is 2.76 bits per heavy atom. The van der Waals surface area contributed by atoms with Crippen molar-refractivity contribution in [2.24, 2.45) is 5.41 Å². The summed E-state index contributed by atoms with van der Waals surface area (Å²) in [7, 11) is 0. The molecule has 1 atom stereocenters. The van der Waals surface area contributed by atoms with Crippen LogP contribution in [-0.2, 0) is 4.74 Å². The first kappa shape index (κ1) is 10.5. The van der Waals surface area contributed by atoms with Crippen molar-refractivity contribution in [2.75, 3.05) is 0 Å². The van der Waals surface area contributed by atoms with Gasteiger partial charge in [-0.15, -0.1) is 0 Å². The summed E-state index contributed by atoms with van der Waals surface area (Å²) >= 11 is 0. The lowest BCUT2D eigenvalue weighted by molar-refractivity contribution is 0.272. The molecule has 0 N–H and O–H groups in total. The molecule has 2 aliphatic carbocycles. The fourth-order valence-corrected chi connectivity index (χ4v) is 2.83. The zero-order valence-electron chi connectivity index (χ0n) is 9.68. The molecule has 1 heterocycles. The van der Waals surface area contributed by atoms with Gasteiger partial charge in [-0.2, -0.15) is 0 Å². The molecule has 1 aliphatic heterocycles. The number of allylic oxidation sites excluding steroid dienone is 8. The van der Waals surface area contributed by atoms with Crippen LogP contribution in [0.15, 0.2) is 58.6 Å². The van der Waals surface area contributed by atoms with Gasteiger partial charge in [-0.3, -0.25) is 0 Å². The van der Waals surface area contributed by atoms with Crippen molar-refractivity contribution in [3.63, 3.8) is 0 Å². The zero-order chi connectivity index (χ0) is 12.2. The first-order chi connectivity index (χ1) is 8.06. The number of hydrogen-bond donors (Lipinski definition) is 0. The van der Waals surface area contributed by atoms with Crippen molar-refractivity contribution < 1.29 is 13.5 Å². The van der Waals surface area contributed by atoms with E-state index in [0.29, 0.717) is 29.1 Å². The average Bonchev–Trinajstić information content (AvgIpc) is 2.60. The van der Waals surface area contributed by atoms with E-state index in [2.05, 4.69) is 0 Å². The van der Waals surface area contributed by atoms with E-state index in [1.807, 2.05) is 6.08 Å². The Morgan fingerprint density at radius 2 is 2.00 bits per heavy atom. The molecule has 0 fully saturated rings. The summed E-state index contributed by atoms with van der Waals surface area (Å²) in [6.07, 6.45) is 6.90.